The van der Waals surface area contributed by atoms with Gasteiger partial charge in [0.2, 0.25) is 0 Å². The summed E-state index contributed by atoms with van der Waals surface area (Å²) in [7, 11) is 0. The van der Waals surface area contributed by atoms with Crippen LogP contribution >= 0.6 is 0 Å². The van der Waals surface area contributed by atoms with E-state index < -0.39 is 0 Å². The van der Waals surface area contributed by atoms with Crippen LogP contribution in [0.5, 0.6) is 0 Å². The molecule has 0 radical (unpaired) electrons. The van der Waals surface area contributed by atoms with Gasteiger partial charge in [-0.15, -0.1) is 0 Å². The lowest BCUT2D eigenvalue weighted by Crippen LogP contribution is -2.12. The molecule has 1 N–H and O–H groups in total. The molecule has 0 amide bonds. The van der Waals surface area contributed by atoms with E-state index in [0.29, 0.717) is 0 Å². The first-order valence-corrected chi connectivity index (χ1v) is 5.22. The van der Waals surface area contributed by atoms with Gasteiger partial charge in [0.05, 0.1) is 11.6 Å². The number of rotatable bonds is 2. The molecule has 78 valence electrons. The third kappa shape index (κ3) is 2.00. The minimum atomic E-state index is -0.362. The van der Waals surface area contributed by atoms with Crippen molar-refractivity contribution in [3.8, 4) is 0 Å². The minimum Gasteiger partial charge on any atom is -0.393 e. The third-order valence-electron chi connectivity index (χ3n) is 2.81. The van der Waals surface area contributed by atoms with Crippen LogP contribution in [-0.2, 0) is 0 Å². The second-order valence-corrected chi connectivity index (χ2v) is 3.96. The standard InChI is InChI=1S/C13H15NO/c1-9(10(2)15)12-8-7-11-5-3-4-6-13(11)14-12/h3-10,15H,1-2H3. The maximum absolute atomic E-state index is 9.51. The molecule has 0 aliphatic rings. The molecule has 2 heteroatoms. The SMILES string of the molecule is CC(O)C(C)c1ccc2ccccc2n1. The first kappa shape index (κ1) is 10.1. The summed E-state index contributed by atoms with van der Waals surface area (Å²) < 4.78 is 0. The van der Waals surface area contributed by atoms with Crippen molar-refractivity contribution in [3.05, 3.63) is 42.1 Å². The van der Waals surface area contributed by atoms with E-state index in [0.717, 1.165) is 16.6 Å². The Kier molecular flexibility index (Phi) is 2.69. The number of benzene rings is 1. The van der Waals surface area contributed by atoms with Crippen molar-refractivity contribution in [2.75, 3.05) is 0 Å². The molecule has 0 aliphatic heterocycles. The second kappa shape index (κ2) is 3.99. The van der Waals surface area contributed by atoms with Crippen LogP contribution in [0.4, 0.5) is 0 Å². The quantitative estimate of drug-likeness (QED) is 0.810. The minimum absolute atomic E-state index is 0.0783. The highest BCUT2D eigenvalue weighted by atomic mass is 16.3. The van der Waals surface area contributed by atoms with E-state index in [1.54, 1.807) is 6.92 Å². The normalized spacial score (nSPS) is 15.1. The van der Waals surface area contributed by atoms with E-state index in [9.17, 15) is 5.11 Å². The molecule has 0 saturated heterocycles. The third-order valence-corrected chi connectivity index (χ3v) is 2.81. The predicted molar refractivity (Wildman–Crippen MR) is 61.8 cm³/mol. The van der Waals surface area contributed by atoms with Crippen molar-refractivity contribution >= 4 is 10.9 Å². The maximum atomic E-state index is 9.51. The highest BCUT2D eigenvalue weighted by Crippen LogP contribution is 2.20. The molecular formula is C13H15NO. The van der Waals surface area contributed by atoms with Gasteiger partial charge in [-0.2, -0.15) is 0 Å². The fourth-order valence-electron chi connectivity index (χ4n) is 1.58. The first-order valence-electron chi connectivity index (χ1n) is 5.22. The fourth-order valence-corrected chi connectivity index (χ4v) is 1.58. The fraction of sp³-hybridized carbons (Fsp3) is 0.308. The molecular weight excluding hydrogens is 186 g/mol. The summed E-state index contributed by atoms with van der Waals surface area (Å²) in [5.41, 5.74) is 1.94. The summed E-state index contributed by atoms with van der Waals surface area (Å²) in [5, 5.41) is 10.6. The van der Waals surface area contributed by atoms with Crippen LogP contribution in [0.3, 0.4) is 0 Å². The van der Waals surface area contributed by atoms with Crippen LogP contribution < -0.4 is 0 Å². The van der Waals surface area contributed by atoms with E-state index in [-0.39, 0.29) is 12.0 Å². The lowest BCUT2D eigenvalue weighted by molar-refractivity contribution is 0.167. The van der Waals surface area contributed by atoms with Crippen LogP contribution in [-0.4, -0.2) is 16.2 Å². The molecule has 1 aromatic carbocycles. The first-order chi connectivity index (χ1) is 7.18. The van der Waals surface area contributed by atoms with Gasteiger partial charge in [0, 0.05) is 17.0 Å². The average molecular weight is 201 g/mol. The molecule has 0 bridgehead atoms. The van der Waals surface area contributed by atoms with Crippen LogP contribution in [0.2, 0.25) is 0 Å². The largest absolute Gasteiger partial charge is 0.393 e. The molecule has 0 aliphatic carbocycles. The van der Waals surface area contributed by atoms with Gasteiger partial charge in [-0.25, -0.2) is 0 Å². The van der Waals surface area contributed by atoms with Crippen molar-refractivity contribution < 1.29 is 5.11 Å². The number of aliphatic hydroxyl groups excluding tert-OH is 1. The number of hydrogen-bond donors (Lipinski definition) is 1. The zero-order chi connectivity index (χ0) is 10.8. The highest BCUT2D eigenvalue weighted by molar-refractivity contribution is 5.78. The lowest BCUT2D eigenvalue weighted by Gasteiger charge is -2.14. The lowest BCUT2D eigenvalue weighted by atomic mass is 10.0. The topological polar surface area (TPSA) is 33.1 Å². The van der Waals surface area contributed by atoms with Crippen molar-refractivity contribution in [3.63, 3.8) is 0 Å². The van der Waals surface area contributed by atoms with Crippen LogP contribution in [0.25, 0.3) is 10.9 Å². The molecule has 2 nitrogen and oxygen atoms in total. The van der Waals surface area contributed by atoms with Crippen molar-refractivity contribution in [2.24, 2.45) is 0 Å². The van der Waals surface area contributed by atoms with Gasteiger partial charge in [-0.1, -0.05) is 31.2 Å². The molecule has 2 aromatic rings. The van der Waals surface area contributed by atoms with E-state index in [1.165, 1.54) is 0 Å². The Morgan fingerprint density at radius 2 is 1.80 bits per heavy atom. The molecule has 2 unspecified atom stereocenters. The number of para-hydroxylation sites is 1. The molecule has 0 fully saturated rings. The van der Waals surface area contributed by atoms with Gasteiger partial charge in [0.1, 0.15) is 0 Å². The van der Waals surface area contributed by atoms with Gasteiger partial charge >= 0.3 is 0 Å². The van der Waals surface area contributed by atoms with Crippen molar-refractivity contribution in [1.29, 1.82) is 0 Å². The van der Waals surface area contributed by atoms with Crippen LogP contribution in [0, 0.1) is 0 Å². The Bertz CT molecular complexity index is 465. The highest BCUT2D eigenvalue weighted by Gasteiger charge is 2.12. The second-order valence-electron chi connectivity index (χ2n) is 3.96. The summed E-state index contributed by atoms with van der Waals surface area (Å²) in [4.78, 5) is 4.54. The van der Waals surface area contributed by atoms with Gasteiger partial charge in [-0.3, -0.25) is 4.98 Å². The molecule has 0 saturated carbocycles. The Labute approximate surface area is 89.6 Å². The number of pyridine rings is 1. The average Bonchev–Trinajstić information content (AvgIpc) is 2.27. The van der Waals surface area contributed by atoms with Gasteiger partial charge in [0.15, 0.2) is 0 Å². The Balaban J connectivity index is 2.47. The van der Waals surface area contributed by atoms with E-state index in [1.807, 2.05) is 37.3 Å². The monoisotopic (exact) mass is 201 g/mol. The van der Waals surface area contributed by atoms with Crippen molar-refractivity contribution in [1.82, 2.24) is 4.98 Å². The number of aromatic nitrogens is 1. The van der Waals surface area contributed by atoms with Crippen LogP contribution in [0.1, 0.15) is 25.5 Å². The Morgan fingerprint density at radius 3 is 2.53 bits per heavy atom. The molecule has 2 atom stereocenters. The number of hydrogen-bond acceptors (Lipinski definition) is 2. The zero-order valence-corrected chi connectivity index (χ0v) is 9.01. The van der Waals surface area contributed by atoms with Gasteiger partial charge in [-0.05, 0) is 19.1 Å². The van der Waals surface area contributed by atoms with E-state index >= 15 is 0 Å². The number of aliphatic hydroxyl groups is 1. The molecule has 1 heterocycles. The maximum Gasteiger partial charge on any atom is 0.0705 e. The molecule has 2 rings (SSSR count). The van der Waals surface area contributed by atoms with Gasteiger partial charge < -0.3 is 5.11 Å². The Morgan fingerprint density at radius 1 is 1.07 bits per heavy atom. The van der Waals surface area contributed by atoms with E-state index in [4.69, 9.17) is 0 Å². The summed E-state index contributed by atoms with van der Waals surface area (Å²) in [6, 6.07) is 12.1. The summed E-state index contributed by atoms with van der Waals surface area (Å²) in [6.07, 6.45) is -0.362. The molecule has 15 heavy (non-hydrogen) atoms. The smallest absolute Gasteiger partial charge is 0.0705 e. The van der Waals surface area contributed by atoms with Crippen LogP contribution in [0.15, 0.2) is 36.4 Å². The number of nitrogens with zero attached hydrogens (tertiary/aromatic N) is 1. The number of fused-ring (bicyclic) bond motifs is 1. The molecule has 1 aromatic heterocycles. The summed E-state index contributed by atoms with van der Waals surface area (Å²) in [6.45, 7) is 3.78. The zero-order valence-electron chi connectivity index (χ0n) is 9.01. The van der Waals surface area contributed by atoms with Crippen molar-refractivity contribution in [2.45, 2.75) is 25.9 Å². The summed E-state index contributed by atoms with van der Waals surface area (Å²) in [5.74, 6) is 0.0783. The van der Waals surface area contributed by atoms with E-state index in [2.05, 4.69) is 11.1 Å². The van der Waals surface area contributed by atoms with Gasteiger partial charge in [0.25, 0.3) is 0 Å². The Hall–Kier alpha value is -1.41. The summed E-state index contributed by atoms with van der Waals surface area (Å²) >= 11 is 0. The molecule has 0 spiro atoms. The predicted octanol–water partition coefficient (Wildman–Crippen LogP) is 2.72.